The molecule has 4 N–H and O–H groups in total. The first-order chi connectivity index (χ1) is 17.6. The van der Waals surface area contributed by atoms with E-state index in [9.17, 15) is 28.2 Å². The van der Waals surface area contributed by atoms with Crippen LogP contribution in [0.4, 0.5) is 24.5 Å². The number of amides is 1. The Hall–Kier alpha value is -3.93. The summed E-state index contributed by atoms with van der Waals surface area (Å²) in [6.07, 6.45) is -6.86. The molecule has 0 saturated heterocycles. The van der Waals surface area contributed by atoms with Gasteiger partial charge in [-0.15, -0.1) is 0 Å². The van der Waals surface area contributed by atoms with Crippen molar-refractivity contribution in [2.24, 2.45) is 4.99 Å². The molecule has 0 aliphatic carbocycles. The van der Waals surface area contributed by atoms with Crippen LogP contribution in [0.25, 0.3) is 0 Å². The van der Waals surface area contributed by atoms with Crippen molar-refractivity contribution in [3.8, 4) is 5.75 Å². The monoisotopic (exact) mass is 515 g/mol. The minimum Gasteiger partial charge on any atom is -0.491 e. The van der Waals surface area contributed by atoms with Crippen LogP contribution in [-0.2, 0) is 6.18 Å². The van der Waals surface area contributed by atoms with Crippen LogP contribution in [0.15, 0.2) is 71.7 Å². The number of benzene rings is 3. The molecule has 37 heavy (non-hydrogen) atoms. The minimum atomic E-state index is -4.56. The first-order valence-corrected chi connectivity index (χ1v) is 11.2. The normalized spacial score (nSPS) is 16.0. The van der Waals surface area contributed by atoms with Gasteiger partial charge in [-0.25, -0.2) is 4.99 Å². The molecule has 0 bridgehead atoms. The average molecular weight is 515 g/mol. The second-order valence-electron chi connectivity index (χ2n) is 8.37. The maximum atomic E-state index is 13.3. The molecule has 0 spiro atoms. The summed E-state index contributed by atoms with van der Waals surface area (Å²) in [4.78, 5) is 19.0. The Morgan fingerprint density at radius 2 is 1.86 bits per heavy atom. The van der Waals surface area contributed by atoms with Gasteiger partial charge in [0.25, 0.3) is 5.91 Å². The number of amidine groups is 1. The van der Waals surface area contributed by atoms with Crippen molar-refractivity contribution in [2.45, 2.75) is 18.5 Å². The summed E-state index contributed by atoms with van der Waals surface area (Å²) in [6, 6.07) is 15.6. The van der Waals surface area contributed by atoms with Gasteiger partial charge in [0.1, 0.15) is 24.3 Å². The highest BCUT2D eigenvalue weighted by Crippen LogP contribution is 2.38. The molecule has 0 saturated carbocycles. The average Bonchev–Trinajstić information content (AvgIpc) is 2.88. The van der Waals surface area contributed by atoms with Gasteiger partial charge >= 0.3 is 6.18 Å². The number of fused-ring (bicyclic) bond motifs is 1. The largest absolute Gasteiger partial charge is 0.491 e. The van der Waals surface area contributed by atoms with Crippen molar-refractivity contribution >= 4 is 23.1 Å². The number of aliphatic hydroxyl groups excluding tert-OH is 3. The van der Waals surface area contributed by atoms with Gasteiger partial charge in [0.15, 0.2) is 6.23 Å². The van der Waals surface area contributed by atoms with E-state index in [4.69, 9.17) is 9.84 Å². The summed E-state index contributed by atoms with van der Waals surface area (Å²) in [5, 5.41) is 32.0. The van der Waals surface area contributed by atoms with Crippen LogP contribution < -0.4 is 10.1 Å². The Balaban J connectivity index is 1.66. The zero-order valence-corrected chi connectivity index (χ0v) is 19.6. The predicted molar refractivity (Wildman–Crippen MR) is 130 cm³/mol. The summed E-state index contributed by atoms with van der Waals surface area (Å²) in [5.41, 5.74) is 0.205. The molecule has 0 fully saturated rings. The van der Waals surface area contributed by atoms with E-state index >= 15 is 0 Å². The number of hydrogen-bond donors (Lipinski definition) is 4. The third-order valence-corrected chi connectivity index (χ3v) is 5.70. The van der Waals surface area contributed by atoms with Gasteiger partial charge < -0.3 is 30.3 Å². The number of nitrogens with one attached hydrogen (secondary N) is 1. The summed E-state index contributed by atoms with van der Waals surface area (Å²) in [5.74, 6) is -0.139. The first kappa shape index (κ1) is 26.1. The van der Waals surface area contributed by atoms with Gasteiger partial charge in [0, 0.05) is 29.9 Å². The van der Waals surface area contributed by atoms with Crippen molar-refractivity contribution in [3.05, 3.63) is 89.0 Å². The summed E-state index contributed by atoms with van der Waals surface area (Å²) < 4.78 is 45.2. The van der Waals surface area contributed by atoms with Gasteiger partial charge in [0.2, 0.25) is 0 Å². The van der Waals surface area contributed by atoms with Crippen molar-refractivity contribution in [1.29, 1.82) is 0 Å². The SMILES string of the molecule is CN1C(c2cccc(C(F)(F)F)c2)=Nc2c(C(=O)Nc3cccc(OC[C@H](O)CO)c3)cccc2C1O. The van der Waals surface area contributed by atoms with E-state index in [0.717, 1.165) is 12.1 Å². The van der Waals surface area contributed by atoms with E-state index in [0.29, 0.717) is 17.0 Å². The Morgan fingerprint density at radius 1 is 1.14 bits per heavy atom. The molecule has 1 aliphatic heterocycles. The molecular formula is C26H24F3N3O5. The lowest BCUT2D eigenvalue weighted by Gasteiger charge is -2.33. The highest BCUT2D eigenvalue weighted by atomic mass is 19.4. The van der Waals surface area contributed by atoms with E-state index in [2.05, 4.69) is 10.3 Å². The van der Waals surface area contributed by atoms with Gasteiger partial charge in [-0.05, 0) is 30.3 Å². The fourth-order valence-electron chi connectivity index (χ4n) is 3.80. The minimum absolute atomic E-state index is 0.0733. The van der Waals surface area contributed by atoms with Crippen LogP contribution in [-0.4, -0.2) is 58.3 Å². The van der Waals surface area contributed by atoms with Crippen LogP contribution in [0.2, 0.25) is 0 Å². The number of alkyl halides is 3. The van der Waals surface area contributed by atoms with Gasteiger partial charge in [0.05, 0.1) is 23.4 Å². The number of halogens is 3. The topological polar surface area (TPSA) is 115 Å². The molecular weight excluding hydrogens is 491 g/mol. The van der Waals surface area contributed by atoms with Crippen LogP contribution >= 0.6 is 0 Å². The van der Waals surface area contributed by atoms with Gasteiger partial charge in [-0.3, -0.25) is 4.79 Å². The van der Waals surface area contributed by atoms with Gasteiger partial charge in [-0.2, -0.15) is 13.2 Å². The lowest BCUT2D eigenvalue weighted by Crippen LogP contribution is -2.35. The number of hydrogen-bond acceptors (Lipinski definition) is 7. The molecule has 1 amide bonds. The molecule has 1 unspecified atom stereocenters. The summed E-state index contributed by atoms with van der Waals surface area (Å²) in [6.45, 7) is -0.599. The molecule has 194 valence electrons. The van der Waals surface area contributed by atoms with Crippen LogP contribution in [0.1, 0.15) is 33.3 Å². The summed E-state index contributed by atoms with van der Waals surface area (Å²) >= 11 is 0. The molecule has 4 rings (SSSR count). The van der Waals surface area contributed by atoms with E-state index in [1.165, 1.54) is 36.2 Å². The molecule has 3 aromatic rings. The Morgan fingerprint density at radius 3 is 2.59 bits per heavy atom. The maximum Gasteiger partial charge on any atom is 0.416 e. The van der Waals surface area contributed by atoms with Crippen LogP contribution in [0, 0.1) is 0 Å². The maximum absolute atomic E-state index is 13.3. The second kappa shape index (κ2) is 10.6. The lowest BCUT2D eigenvalue weighted by atomic mass is 10.0. The predicted octanol–water partition coefficient (Wildman–Crippen LogP) is 3.70. The lowest BCUT2D eigenvalue weighted by molar-refractivity contribution is -0.137. The van der Waals surface area contributed by atoms with Crippen molar-refractivity contribution in [2.75, 3.05) is 25.6 Å². The second-order valence-corrected chi connectivity index (χ2v) is 8.37. The molecule has 1 heterocycles. The first-order valence-electron chi connectivity index (χ1n) is 11.2. The van der Waals surface area contributed by atoms with Crippen LogP contribution in [0.3, 0.4) is 0 Å². The number of carbonyl (C=O) groups is 1. The number of aliphatic imine (C=N–C) groups is 1. The highest BCUT2D eigenvalue weighted by Gasteiger charge is 2.33. The van der Waals surface area contributed by atoms with Crippen LogP contribution in [0.5, 0.6) is 5.75 Å². The van der Waals surface area contributed by atoms with E-state index in [1.54, 1.807) is 30.3 Å². The zero-order valence-electron chi connectivity index (χ0n) is 19.6. The van der Waals surface area contributed by atoms with E-state index in [1.807, 2.05) is 0 Å². The fraction of sp³-hybridized carbons (Fsp3) is 0.231. The highest BCUT2D eigenvalue weighted by molar-refractivity contribution is 6.10. The van der Waals surface area contributed by atoms with E-state index in [-0.39, 0.29) is 29.3 Å². The molecule has 0 aromatic heterocycles. The molecule has 8 nitrogen and oxygen atoms in total. The fourth-order valence-corrected chi connectivity index (χ4v) is 3.80. The number of carbonyl (C=O) groups excluding carboxylic acids is 1. The smallest absolute Gasteiger partial charge is 0.416 e. The molecule has 1 aliphatic rings. The number of ether oxygens (including phenoxy) is 1. The number of para-hydroxylation sites is 1. The Labute approximate surface area is 210 Å². The van der Waals surface area contributed by atoms with Gasteiger partial charge in [-0.1, -0.05) is 30.3 Å². The Kier molecular flexibility index (Phi) is 7.48. The van der Waals surface area contributed by atoms with Crippen molar-refractivity contribution in [3.63, 3.8) is 0 Å². The zero-order chi connectivity index (χ0) is 26.7. The standard InChI is InChI=1S/C26H24F3N3O5/c1-32-23(15-5-2-6-16(11-15)26(27,28)29)31-22-20(9-4-10-21(22)25(32)36)24(35)30-17-7-3-8-19(12-17)37-14-18(34)13-33/h2-12,18,25,33-34,36H,13-14H2,1H3,(H,30,35)/t18-,25?/m1/s1. The van der Waals surface area contributed by atoms with E-state index < -0.39 is 36.6 Å². The third-order valence-electron chi connectivity index (χ3n) is 5.70. The third kappa shape index (κ3) is 5.74. The summed E-state index contributed by atoms with van der Waals surface area (Å²) in [7, 11) is 1.50. The molecule has 0 radical (unpaired) electrons. The number of aliphatic hydroxyl groups is 3. The quantitative estimate of drug-likeness (QED) is 0.382. The molecule has 11 heteroatoms. The molecule has 2 atom stereocenters. The van der Waals surface area contributed by atoms with Crippen molar-refractivity contribution < 1.29 is 38.0 Å². The number of rotatable bonds is 7. The number of nitrogens with zero attached hydrogens (tertiary/aromatic N) is 2. The van der Waals surface area contributed by atoms with Crippen molar-refractivity contribution in [1.82, 2.24) is 4.90 Å². The molecule has 3 aromatic carbocycles. The number of anilines is 1. The Bertz CT molecular complexity index is 1330.